The number of amides is 1. The molecule has 0 aliphatic rings. The molecule has 0 aromatic rings. The van der Waals surface area contributed by atoms with Gasteiger partial charge in [0.1, 0.15) is 0 Å². The van der Waals surface area contributed by atoms with Crippen molar-refractivity contribution in [3.8, 4) is 0 Å². The Bertz CT molecular complexity index is 836. The summed E-state index contributed by atoms with van der Waals surface area (Å²) in [4.78, 5) is 12.4. The maximum atomic E-state index is 12.4. The number of hydrogen-bond acceptors (Lipinski definition) is 3. The summed E-state index contributed by atoms with van der Waals surface area (Å²) in [7, 11) is 0. The van der Waals surface area contributed by atoms with E-state index in [2.05, 4.69) is 55.6 Å². The number of aliphatic hydroxyl groups is 2. The predicted molar refractivity (Wildman–Crippen MR) is 244 cm³/mol. The van der Waals surface area contributed by atoms with Crippen molar-refractivity contribution < 1.29 is 15.0 Å². The predicted octanol–water partition coefficient (Wildman–Crippen LogP) is 15.7. The van der Waals surface area contributed by atoms with E-state index in [0.717, 1.165) is 38.5 Å². The van der Waals surface area contributed by atoms with Gasteiger partial charge in [0, 0.05) is 6.42 Å². The topological polar surface area (TPSA) is 69.6 Å². The third-order valence-electron chi connectivity index (χ3n) is 11.4. The molecule has 4 nitrogen and oxygen atoms in total. The zero-order valence-electron chi connectivity index (χ0n) is 37.2. The van der Waals surface area contributed by atoms with Gasteiger partial charge >= 0.3 is 0 Å². The largest absolute Gasteiger partial charge is 0.394 e. The van der Waals surface area contributed by atoms with Gasteiger partial charge < -0.3 is 15.5 Å². The summed E-state index contributed by atoms with van der Waals surface area (Å²) >= 11 is 0. The van der Waals surface area contributed by atoms with Crippen molar-refractivity contribution in [1.82, 2.24) is 5.32 Å². The summed E-state index contributed by atoms with van der Waals surface area (Å²) in [5, 5.41) is 23.1. The Morgan fingerprint density at radius 3 is 1.11 bits per heavy atom. The Balaban J connectivity index is 3.41. The normalized spacial score (nSPS) is 13.2. The van der Waals surface area contributed by atoms with Crippen LogP contribution in [0.5, 0.6) is 0 Å². The third-order valence-corrected chi connectivity index (χ3v) is 11.4. The molecule has 3 N–H and O–H groups in total. The van der Waals surface area contributed by atoms with Gasteiger partial charge in [-0.2, -0.15) is 0 Å². The monoisotopic (exact) mass is 772 g/mol. The molecule has 0 rings (SSSR count). The molecule has 0 spiro atoms. The Morgan fingerprint density at radius 1 is 0.436 bits per heavy atom. The van der Waals surface area contributed by atoms with Crippen molar-refractivity contribution in [3.63, 3.8) is 0 Å². The van der Waals surface area contributed by atoms with E-state index in [-0.39, 0.29) is 12.5 Å². The lowest BCUT2D eigenvalue weighted by Crippen LogP contribution is -2.45. The molecular formula is C51H97NO3. The number of hydrogen-bond donors (Lipinski definition) is 3. The standard InChI is InChI=1S/C51H97NO3/c1-3-5-7-9-11-13-15-16-17-18-19-20-21-22-23-24-25-26-27-28-29-30-31-32-33-34-35-36-37-39-41-43-45-47-51(55)52-49(48-53)50(54)46-44-42-40-38-14-12-10-8-6-4-2/h15-16,18-19,21-22,49-50,53-54H,3-14,17,20,23-48H2,1-2H3,(H,52,55)/b16-15-,19-18-,22-21-. The fraction of sp³-hybridized carbons (Fsp3) is 0.863. The van der Waals surface area contributed by atoms with Crippen LogP contribution in [0.25, 0.3) is 0 Å². The molecule has 4 heteroatoms. The van der Waals surface area contributed by atoms with Crippen LogP contribution < -0.4 is 5.32 Å². The zero-order chi connectivity index (χ0) is 40.0. The van der Waals surface area contributed by atoms with E-state index in [1.165, 1.54) is 199 Å². The van der Waals surface area contributed by atoms with E-state index >= 15 is 0 Å². The number of aliphatic hydroxyl groups excluding tert-OH is 2. The van der Waals surface area contributed by atoms with Gasteiger partial charge in [-0.05, 0) is 51.4 Å². The SMILES string of the molecule is CCCCCCC/C=C\C/C=C\C/C=C\CCCCCCCCCCCCCCCCCCCCC(=O)NC(CO)C(O)CCCCCCCCCCCC. The summed E-state index contributed by atoms with van der Waals surface area (Å²) in [5.41, 5.74) is 0. The van der Waals surface area contributed by atoms with Crippen LogP contribution in [0.1, 0.15) is 264 Å². The molecule has 55 heavy (non-hydrogen) atoms. The van der Waals surface area contributed by atoms with Crippen LogP contribution in [-0.2, 0) is 4.79 Å². The summed E-state index contributed by atoms with van der Waals surface area (Å²) in [6, 6.07) is -0.533. The van der Waals surface area contributed by atoms with Crippen molar-refractivity contribution in [2.45, 2.75) is 276 Å². The van der Waals surface area contributed by atoms with Crippen LogP contribution in [0, 0.1) is 0 Å². The smallest absolute Gasteiger partial charge is 0.220 e. The molecule has 0 aromatic carbocycles. The third kappa shape index (κ3) is 43.6. The zero-order valence-corrected chi connectivity index (χ0v) is 37.2. The summed E-state index contributed by atoms with van der Waals surface area (Å²) in [6.07, 6.45) is 62.6. The first kappa shape index (κ1) is 53.6. The van der Waals surface area contributed by atoms with E-state index in [4.69, 9.17) is 0 Å². The average molecular weight is 772 g/mol. The molecule has 1 amide bonds. The van der Waals surface area contributed by atoms with E-state index in [9.17, 15) is 15.0 Å². The number of allylic oxidation sites excluding steroid dienone is 6. The number of carbonyl (C=O) groups excluding carboxylic acids is 1. The minimum Gasteiger partial charge on any atom is -0.394 e. The number of carbonyl (C=O) groups is 1. The first-order valence-corrected chi connectivity index (χ1v) is 24.7. The Kier molecular flexibility index (Phi) is 45.8. The minimum atomic E-state index is -0.656. The van der Waals surface area contributed by atoms with Gasteiger partial charge in [-0.3, -0.25) is 4.79 Å². The molecule has 0 heterocycles. The van der Waals surface area contributed by atoms with E-state index in [1.807, 2.05) is 0 Å². The van der Waals surface area contributed by atoms with Crippen LogP contribution in [0.3, 0.4) is 0 Å². The van der Waals surface area contributed by atoms with Crippen LogP contribution in [0.2, 0.25) is 0 Å². The van der Waals surface area contributed by atoms with Crippen LogP contribution in [-0.4, -0.2) is 34.9 Å². The molecule has 0 aliphatic carbocycles. The second kappa shape index (κ2) is 47.0. The molecule has 2 unspecified atom stereocenters. The minimum absolute atomic E-state index is 0.0308. The lowest BCUT2D eigenvalue weighted by atomic mass is 10.0. The molecule has 0 saturated carbocycles. The van der Waals surface area contributed by atoms with Crippen molar-refractivity contribution >= 4 is 5.91 Å². The maximum absolute atomic E-state index is 12.4. The highest BCUT2D eigenvalue weighted by atomic mass is 16.3. The van der Waals surface area contributed by atoms with Gasteiger partial charge in [0.2, 0.25) is 5.91 Å². The van der Waals surface area contributed by atoms with Gasteiger partial charge in [0.25, 0.3) is 0 Å². The highest BCUT2D eigenvalue weighted by Gasteiger charge is 2.20. The molecule has 0 aliphatic heterocycles. The summed E-state index contributed by atoms with van der Waals surface area (Å²) < 4.78 is 0. The molecule has 0 radical (unpaired) electrons. The number of rotatable bonds is 45. The lowest BCUT2D eigenvalue weighted by Gasteiger charge is -2.22. The van der Waals surface area contributed by atoms with Crippen LogP contribution in [0.4, 0.5) is 0 Å². The number of unbranched alkanes of at least 4 members (excludes halogenated alkanes) is 32. The van der Waals surface area contributed by atoms with E-state index in [1.54, 1.807) is 0 Å². The Hall–Kier alpha value is -1.39. The molecule has 0 saturated heterocycles. The molecule has 324 valence electrons. The van der Waals surface area contributed by atoms with Crippen LogP contribution in [0.15, 0.2) is 36.5 Å². The van der Waals surface area contributed by atoms with Gasteiger partial charge in [0.15, 0.2) is 0 Å². The Labute approximate surface area is 344 Å². The summed E-state index contributed by atoms with van der Waals surface area (Å²) in [6.45, 7) is 4.34. The molecule has 0 bridgehead atoms. The second-order valence-electron chi connectivity index (χ2n) is 16.9. The van der Waals surface area contributed by atoms with Crippen molar-refractivity contribution in [2.75, 3.05) is 6.61 Å². The fourth-order valence-corrected chi connectivity index (χ4v) is 7.60. The lowest BCUT2D eigenvalue weighted by molar-refractivity contribution is -0.123. The van der Waals surface area contributed by atoms with E-state index < -0.39 is 12.1 Å². The quantitative estimate of drug-likeness (QED) is 0.0426. The van der Waals surface area contributed by atoms with Crippen molar-refractivity contribution in [3.05, 3.63) is 36.5 Å². The molecule has 2 atom stereocenters. The average Bonchev–Trinajstić information content (AvgIpc) is 3.19. The van der Waals surface area contributed by atoms with Gasteiger partial charge in [-0.1, -0.05) is 243 Å². The fourth-order valence-electron chi connectivity index (χ4n) is 7.60. The van der Waals surface area contributed by atoms with Crippen molar-refractivity contribution in [2.24, 2.45) is 0 Å². The first-order valence-electron chi connectivity index (χ1n) is 24.7. The molecule has 0 aromatic heterocycles. The number of nitrogens with one attached hydrogen (secondary N) is 1. The van der Waals surface area contributed by atoms with Gasteiger partial charge in [-0.15, -0.1) is 0 Å². The van der Waals surface area contributed by atoms with Gasteiger partial charge in [0.05, 0.1) is 18.8 Å². The summed E-state index contributed by atoms with van der Waals surface area (Å²) in [5.74, 6) is -0.0308. The second-order valence-corrected chi connectivity index (χ2v) is 16.9. The first-order chi connectivity index (χ1) is 27.2. The van der Waals surface area contributed by atoms with Crippen LogP contribution >= 0.6 is 0 Å². The molecular weight excluding hydrogens is 675 g/mol. The van der Waals surface area contributed by atoms with E-state index in [0.29, 0.717) is 12.8 Å². The van der Waals surface area contributed by atoms with Gasteiger partial charge in [-0.25, -0.2) is 0 Å². The molecule has 0 fully saturated rings. The highest BCUT2D eigenvalue weighted by molar-refractivity contribution is 5.76. The highest BCUT2D eigenvalue weighted by Crippen LogP contribution is 2.16. The maximum Gasteiger partial charge on any atom is 0.220 e. The Morgan fingerprint density at radius 2 is 0.745 bits per heavy atom. The van der Waals surface area contributed by atoms with Crippen molar-refractivity contribution in [1.29, 1.82) is 0 Å².